The molecule has 0 spiro atoms. The van der Waals surface area contributed by atoms with Gasteiger partial charge in [-0.25, -0.2) is 0 Å². The van der Waals surface area contributed by atoms with Crippen LogP contribution in [0.15, 0.2) is 176 Å². The van der Waals surface area contributed by atoms with Crippen LogP contribution in [-0.4, -0.2) is 0 Å². The van der Waals surface area contributed by atoms with Crippen LogP contribution in [0.2, 0.25) is 0 Å². The molecule has 0 saturated carbocycles. The largest absolute Gasteiger partial charge is 0.310 e. The quantitative estimate of drug-likeness (QED) is 0.162. The zero-order chi connectivity index (χ0) is 41.7. The summed E-state index contributed by atoms with van der Waals surface area (Å²) >= 11 is 1.88. The average Bonchev–Trinajstić information content (AvgIpc) is 3.76. The van der Waals surface area contributed by atoms with Crippen molar-refractivity contribution in [3.8, 4) is 44.5 Å². The predicted octanol–water partition coefficient (Wildman–Crippen LogP) is 17.2. The maximum absolute atomic E-state index is 2.59. The SMILES string of the molecule is CC1(C)CCC(C)(C)c2cc3c(cc21)-c1ccc(N(c2ccc(-c4ccc(-c5ccccc5)cc4)cc2)c2ccc(-c4ccc5c(c4)sc4ccccc45)cc2)cc1C3(C)C. The van der Waals surface area contributed by atoms with Gasteiger partial charge in [0.05, 0.1) is 0 Å². The van der Waals surface area contributed by atoms with E-state index in [9.17, 15) is 0 Å². The highest BCUT2D eigenvalue weighted by molar-refractivity contribution is 7.25. The Balaban J connectivity index is 0.992. The molecule has 0 unspecified atom stereocenters. The number of fused-ring (bicyclic) bond motifs is 7. The molecule has 11 rings (SSSR count). The molecule has 2 aliphatic carbocycles. The number of hydrogen-bond acceptors (Lipinski definition) is 2. The summed E-state index contributed by atoms with van der Waals surface area (Å²) in [5.41, 5.74) is 19.7. The van der Waals surface area contributed by atoms with Crippen molar-refractivity contribution in [3.05, 3.63) is 198 Å². The molecule has 0 aliphatic heterocycles. The summed E-state index contributed by atoms with van der Waals surface area (Å²) in [7, 11) is 0. The van der Waals surface area contributed by atoms with Crippen molar-refractivity contribution in [2.24, 2.45) is 0 Å². The van der Waals surface area contributed by atoms with Gasteiger partial charge in [0.2, 0.25) is 0 Å². The van der Waals surface area contributed by atoms with E-state index in [-0.39, 0.29) is 16.2 Å². The number of hydrogen-bond donors (Lipinski definition) is 0. The Morgan fingerprint density at radius 1 is 0.361 bits per heavy atom. The molecule has 0 amide bonds. The monoisotopic (exact) mass is 805 g/mol. The van der Waals surface area contributed by atoms with Crippen LogP contribution >= 0.6 is 11.3 Å². The zero-order valence-electron chi connectivity index (χ0n) is 36.0. The van der Waals surface area contributed by atoms with Gasteiger partial charge in [-0.1, -0.05) is 163 Å². The van der Waals surface area contributed by atoms with Gasteiger partial charge in [-0.05, 0) is 145 Å². The van der Waals surface area contributed by atoms with Gasteiger partial charge >= 0.3 is 0 Å². The van der Waals surface area contributed by atoms with Gasteiger partial charge in [-0.3, -0.25) is 0 Å². The topological polar surface area (TPSA) is 3.24 Å². The lowest BCUT2D eigenvalue weighted by Gasteiger charge is -2.42. The van der Waals surface area contributed by atoms with E-state index in [4.69, 9.17) is 0 Å². The molecule has 1 heterocycles. The Morgan fingerprint density at radius 2 is 0.836 bits per heavy atom. The fourth-order valence-corrected chi connectivity index (χ4v) is 11.5. The van der Waals surface area contributed by atoms with E-state index in [1.807, 2.05) is 11.3 Å². The standard InChI is InChI=1S/C59H51NS/c1-57(2)32-33-58(3,4)54-37-52-50(36-53(54)57)47-31-29-46(35-51(47)59(52,5)6)60(44-25-20-41(21-26-44)40-18-16-39(17-19-40)38-12-8-7-9-13-38)45-27-22-42(23-28-45)43-24-30-49-48-14-10-11-15-55(48)61-56(49)34-43/h7-31,34-37H,32-33H2,1-6H3. The van der Waals surface area contributed by atoms with E-state index in [0.717, 1.165) is 11.4 Å². The van der Waals surface area contributed by atoms with E-state index in [1.165, 1.54) is 105 Å². The highest BCUT2D eigenvalue weighted by Crippen LogP contribution is 2.55. The summed E-state index contributed by atoms with van der Waals surface area (Å²) < 4.78 is 2.66. The van der Waals surface area contributed by atoms with E-state index in [2.05, 4.69) is 222 Å². The number of rotatable bonds is 6. The molecule has 9 aromatic rings. The van der Waals surface area contributed by atoms with Gasteiger partial charge in [0.25, 0.3) is 0 Å². The Morgan fingerprint density at radius 3 is 1.48 bits per heavy atom. The van der Waals surface area contributed by atoms with Crippen LogP contribution in [0.4, 0.5) is 17.1 Å². The molecule has 2 heteroatoms. The van der Waals surface area contributed by atoms with Crippen LogP contribution in [0.25, 0.3) is 64.7 Å². The maximum Gasteiger partial charge on any atom is 0.0465 e. The minimum absolute atomic E-state index is 0.135. The first kappa shape index (κ1) is 37.8. The van der Waals surface area contributed by atoms with E-state index >= 15 is 0 Å². The molecule has 8 aromatic carbocycles. The first-order valence-corrected chi connectivity index (χ1v) is 22.7. The van der Waals surface area contributed by atoms with Crippen LogP contribution in [0.5, 0.6) is 0 Å². The molecule has 2 aliphatic rings. The maximum atomic E-state index is 2.59. The Kier molecular flexibility index (Phi) is 8.61. The summed E-state index contributed by atoms with van der Waals surface area (Å²) in [6, 6.07) is 65.9. The van der Waals surface area contributed by atoms with Gasteiger partial charge in [-0.15, -0.1) is 11.3 Å². The molecular weight excluding hydrogens is 755 g/mol. The third kappa shape index (κ3) is 6.26. The highest BCUT2D eigenvalue weighted by Gasteiger charge is 2.42. The van der Waals surface area contributed by atoms with Gasteiger partial charge in [0.15, 0.2) is 0 Å². The Hall–Kier alpha value is -6.22. The van der Waals surface area contributed by atoms with E-state index in [1.54, 1.807) is 0 Å². The lowest BCUT2D eigenvalue weighted by molar-refractivity contribution is 0.331. The molecule has 0 bridgehead atoms. The molecule has 61 heavy (non-hydrogen) atoms. The number of nitrogens with zero attached hydrogens (tertiary/aromatic N) is 1. The van der Waals surface area contributed by atoms with Crippen LogP contribution < -0.4 is 4.90 Å². The summed E-state index contributed by atoms with van der Waals surface area (Å²) in [6.07, 6.45) is 2.43. The molecular formula is C59H51NS. The molecule has 1 nitrogen and oxygen atoms in total. The van der Waals surface area contributed by atoms with Crippen molar-refractivity contribution >= 4 is 48.6 Å². The molecule has 0 saturated heterocycles. The number of anilines is 3. The fraction of sp³-hybridized carbons (Fsp3) is 0.186. The van der Waals surface area contributed by atoms with Crippen LogP contribution in [0.3, 0.4) is 0 Å². The zero-order valence-corrected chi connectivity index (χ0v) is 36.8. The highest BCUT2D eigenvalue weighted by atomic mass is 32.1. The van der Waals surface area contributed by atoms with Gasteiger partial charge in [-0.2, -0.15) is 0 Å². The fourth-order valence-electron chi connectivity index (χ4n) is 10.4. The van der Waals surface area contributed by atoms with Gasteiger partial charge in [0, 0.05) is 42.6 Å². The molecule has 298 valence electrons. The van der Waals surface area contributed by atoms with E-state index in [0.29, 0.717) is 0 Å². The van der Waals surface area contributed by atoms with Gasteiger partial charge in [0.1, 0.15) is 0 Å². The average molecular weight is 806 g/mol. The molecule has 0 N–H and O–H groups in total. The normalized spacial score (nSPS) is 15.6. The first-order valence-electron chi connectivity index (χ1n) is 21.9. The second-order valence-electron chi connectivity index (χ2n) is 19.2. The summed E-state index contributed by atoms with van der Waals surface area (Å²) in [5, 5.41) is 2.67. The van der Waals surface area contributed by atoms with Crippen molar-refractivity contribution in [3.63, 3.8) is 0 Å². The smallest absolute Gasteiger partial charge is 0.0465 e. The first-order chi connectivity index (χ1) is 29.4. The number of thiophene rings is 1. The van der Waals surface area contributed by atoms with E-state index < -0.39 is 0 Å². The van der Waals surface area contributed by atoms with Crippen molar-refractivity contribution in [1.82, 2.24) is 0 Å². The van der Waals surface area contributed by atoms with Crippen molar-refractivity contribution in [1.29, 1.82) is 0 Å². The van der Waals surface area contributed by atoms with Gasteiger partial charge < -0.3 is 4.90 Å². The van der Waals surface area contributed by atoms with Crippen molar-refractivity contribution in [2.75, 3.05) is 4.90 Å². The minimum atomic E-state index is -0.135. The van der Waals surface area contributed by atoms with Crippen LogP contribution in [-0.2, 0) is 16.2 Å². The molecule has 0 radical (unpaired) electrons. The Bertz CT molecular complexity index is 3130. The third-order valence-electron chi connectivity index (χ3n) is 14.2. The van der Waals surface area contributed by atoms with Crippen molar-refractivity contribution < 1.29 is 0 Å². The molecule has 0 fully saturated rings. The Labute approximate surface area is 365 Å². The molecule has 0 atom stereocenters. The number of benzene rings is 8. The summed E-state index contributed by atoms with van der Waals surface area (Å²) in [5.74, 6) is 0. The van der Waals surface area contributed by atoms with Crippen LogP contribution in [0.1, 0.15) is 76.6 Å². The van der Waals surface area contributed by atoms with Crippen molar-refractivity contribution in [2.45, 2.75) is 70.6 Å². The summed E-state index contributed by atoms with van der Waals surface area (Å²) in [6.45, 7) is 14.6. The second-order valence-corrected chi connectivity index (χ2v) is 20.3. The predicted molar refractivity (Wildman–Crippen MR) is 263 cm³/mol. The third-order valence-corrected chi connectivity index (χ3v) is 15.3. The van der Waals surface area contributed by atoms with Crippen LogP contribution in [0, 0.1) is 0 Å². The lowest BCUT2D eigenvalue weighted by atomic mass is 9.62. The lowest BCUT2D eigenvalue weighted by Crippen LogP contribution is -2.34. The summed E-state index contributed by atoms with van der Waals surface area (Å²) in [4.78, 5) is 2.44. The second kappa shape index (κ2) is 13.9. The molecule has 1 aromatic heterocycles. The minimum Gasteiger partial charge on any atom is -0.310 e.